The van der Waals surface area contributed by atoms with Crippen LogP contribution >= 0.6 is 22.9 Å². The number of aromatic hydroxyl groups is 1. The van der Waals surface area contributed by atoms with E-state index in [1.165, 1.54) is 4.90 Å². The van der Waals surface area contributed by atoms with E-state index in [0.29, 0.717) is 48.9 Å². The second-order valence-electron chi connectivity index (χ2n) is 23.9. The van der Waals surface area contributed by atoms with Gasteiger partial charge in [0.05, 0.1) is 45.9 Å². The van der Waals surface area contributed by atoms with Gasteiger partial charge in [-0.25, -0.2) is 9.37 Å². The maximum absolute atomic E-state index is 17.0. The summed E-state index contributed by atoms with van der Waals surface area (Å²) >= 11 is 8.51. The topological polar surface area (TPSA) is 186 Å². The van der Waals surface area contributed by atoms with Crippen LogP contribution < -0.4 is 20.3 Å². The largest absolute Gasteiger partial charge is 0.508 e. The van der Waals surface area contributed by atoms with Gasteiger partial charge in [-0.1, -0.05) is 80.9 Å². The van der Waals surface area contributed by atoms with E-state index in [1.807, 2.05) is 100 Å². The lowest BCUT2D eigenvalue weighted by Gasteiger charge is -2.40. The minimum atomic E-state index is -0.909. The summed E-state index contributed by atoms with van der Waals surface area (Å²) in [5, 5.41) is 29.7. The molecule has 81 heavy (non-hydrogen) atoms. The zero-order valence-electron chi connectivity index (χ0n) is 47.4. The second kappa shape index (κ2) is 25.2. The number of likely N-dealkylation sites (tertiary alicyclic amines) is 3. The minimum Gasteiger partial charge on any atom is -0.508 e. The molecule has 432 valence electrons. The molecule has 0 bridgehead atoms. The number of nitrogens with zero attached hydrogens (tertiary/aromatic N) is 7. The average molecular weight is 1150 g/mol. The summed E-state index contributed by atoms with van der Waals surface area (Å²) in [4.78, 5) is 64.6. The standard InChI is InChI=1S/C62H77ClFN9O7S/c1-37(80-61-68-55-49(58(69-61)72-22-10-7-11-23-72)30-50(63)53(54(55)64)48-28-44(74)27-43-14-8-9-15-47(43)48)31-70-24-20-40(21-25-70)13-12-26-79-46-33-71(34-46)35-52(76)67-57(62(4,5)6)60(78)73-32-45(75)29-51(73)59(77)66-38(2)41-16-18-42(19-17-41)56-39(3)65-36-81-56/h8-9,14-19,27-28,30,36-38,40,45-46,51,57,74-75H,7,10-13,20-26,29,31-35H2,1-6H3,(H,66,77)(H,67,76)/t37-,38+,45-,51+,57-/m1/s1. The zero-order chi connectivity index (χ0) is 57.1. The number of aromatic nitrogens is 3. The molecule has 5 atom stereocenters. The molecule has 10 rings (SSSR count). The monoisotopic (exact) mass is 1150 g/mol. The van der Waals surface area contributed by atoms with E-state index >= 15 is 4.39 Å². The maximum Gasteiger partial charge on any atom is 0.319 e. The van der Waals surface area contributed by atoms with Gasteiger partial charge in [0.15, 0.2) is 5.82 Å². The predicted molar refractivity (Wildman–Crippen MR) is 316 cm³/mol. The number of fused-ring (bicyclic) bond motifs is 2. The summed E-state index contributed by atoms with van der Waals surface area (Å²) in [5.74, 6) is -0.377. The lowest BCUT2D eigenvalue weighted by molar-refractivity contribution is -0.144. The van der Waals surface area contributed by atoms with Gasteiger partial charge in [-0.15, -0.1) is 11.3 Å². The molecule has 0 aliphatic carbocycles. The van der Waals surface area contributed by atoms with Crippen molar-refractivity contribution in [3.8, 4) is 33.3 Å². The molecule has 19 heteroatoms. The minimum absolute atomic E-state index is 0.00605. The smallest absolute Gasteiger partial charge is 0.319 e. The number of piperidine rings is 2. The summed E-state index contributed by atoms with van der Waals surface area (Å²) in [6, 6.07) is 18.5. The van der Waals surface area contributed by atoms with Gasteiger partial charge in [-0.2, -0.15) is 9.97 Å². The van der Waals surface area contributed by atoms with Gasteiger partial charge < -0.3 is 40.1 Å². The van der Waals surface area contributed by atoms with Crippen molar-refractivity contribution < 1.29 is 38.5 Å². The molecule has 2 aromatic heterocycles. The van der Waals surface area contributed by atoms with Gasteiger partial charge in [0.1, 0.15) is 35.3 Å². The Kier molecular flexibility index (Phi) is 18.1. The lowest BCUT2D eigenvalue weighted by Crippen LogP contribution is -2.60. The number of aryl methyl sites for hydroxylation is 1. The number of carbonyl (C=O) groups is 3. The fourth-order valence-corrected chi connectivity index (χ4v) is 13.3. The third-order valence-corrected chi connectivity index (χ3v) is 17.9. The predicted octanol–water partition coefficient (Wildman–Crippen LogP) is 9.70. The Morgan fingerprint density at radius 3 is 2.37 bits per heavy atom. The second-order valence-corrected chi connectivity index (χ2v) is 25.2. The van der Waals surface area contributed by atoms with Crippen molar-refractivity contribution in [2.45, 2.75) is 129 Å². The number of hydrogen-bond donors (Lipinski definition) is 4. The number of nitrogens with one attached hydrogen (secondary N) is 2. The molecular formula is C62H77ClFN9O7S. The molecule has 16 nitrogen and oxygen atoms in total. The Bertz CT molecular complexity index is 3210. The number of aliphatic hydroxyl groups excluding tert-OH is 1. The number of aliphatic hydroxyl groups is 1. The number of halogens is 2. The summed E-state index contributed by atoms with van der Waals surface area (Å²) in [5.41, 5.74) is 4.89. The van der Waals surface area contributed by atoms with E-state index in [2.05, 4.69) is 25.4 Å². The third-order valence-electron chi connectivity index (χ3n) is 16.6. The van der Waals surface area contributed by atoms with Crippen LogP contribution in [0.5, 0.6) is 11.8 Å². The number of ether oxygens (including phenoxy) is 2. The van der Waals surface area contributed by atoms with Gasteiger partial charge in [0, 0.05) is 63.2 Å². The molecule has 4 fully saturated rings. The Balaban J connectivity index is 0.656. The van der Waals surface area contributed by atoms with Crippen LogP contribution in [0.2, 0.25) is 5.02 Å². The summed E-state index contributed by atoms with van der Waals surface area (Å²) in [6.45, 7) is 17.7. The first-order valence-electron chi connectivity index (χ1n) is 28.8. The Hall–Kier alpha value is -6.02. The van der Waals surface area contributed by atoms with Crippen LogP contribution in [0.4, 0.5) is 10.2 Å². The molecule has 0 radical (unpaired) electrons. The van der Waals surface area contributed by atoms with Crippen molar-refractivity contribution in [1.82, 2.24) is 40.3 Å². The summed E-state index contributed by atoms with van der Waals surface area (Å²) in [6.07, 6.45) is 6.30. The van der Waals surface area contributed by atoms with Crippen molar-refractivity contribution in [2.75, 3.05) is 70.4 Å². The molecule has 4 aliphatic heterocycles. The van der Waals surface area contributed by atoms with Crippen molar-refractivity contribution >= 4 is 68.2 Å². The highest BCUT2D eigenvalue weighted by atomic mass is 35.5. The maximum atomic E-state index is 17.0. The van der Waals surface area contributed by atoms with Crippen LogP contribution in [-0.4, -0.2) is 153 Å². The van der Waals surface area contributed by atoms with Gasteiger partial charge in [0.2, 0.25) is 17.7 Å². The molecule has 4 aliphatic rings. The summed E-state index contributed by atoms with van der Waals surface area (Å²) < 4.78 is 29.7. The molecular weight excluding hydrogens is 1070 g/mol. The van der Waals surface area contributed by atoms with Gasteiger partial charge in [-0.05, 0) is 136 Å². The zero-order valence-corrected chi connectivity index (χ0v) is 49.0. The number of benzene rings is 4. The summed E-state index contributed by atoms with van der Waals surface area (Å²) in [7, 11) is 0. The van der Waals surface area contributed by atoms with Crippen molar-refractivity contribution in [1.29, 1.82) is 0 Å². The highest BCUT2D eigenvalue weighted by molar-refractivity contribution is 7.13. The molecule has 4 N–H and O–H groups in total. The fraction of sp³-hybridized carbons (Fsp3) is 0.516. The fourth-order valence-electron chi connectivity index (χ4n) is 12.2. The number of rotatable bonds is 19. The van der Waals surface area contributed by atoms with Crippen LogP contribution in [0.25, 0.3) is 43.2 Å². The van der Waals surface area contributed by atoms with Crippen LogP contribution in [-0.2, 0) is 19.1 Å². The molecule has 6 aromatic rings. The normalized spacial score (nSPS) is 19.9. The molecule has 6 heterocycles. The van der Waals surface area contributed by atoms with Crippen LogP contribution in [0, 0.1) is 24.1 Å². The van der Waals surface area contributed by atoms with E-state index in [1.54, 1.807) is 29.5 Å². The van der Waals surface area contributed by atoms with Crippen LogP contribution in [0.1, 0.15) is 103 Å². The molecule has 0 spiro atoms. The number of thiazole rings is 1. The first-order valence-corrected chi connectivity index (χ1v) is 30.1. The number of phenolic OH excluding ortho intramolecular Hbond substituents is 1. The van der Waals surface area contributed by atoms with E-state index in [4.69, 9.17) is 31.0 Å². The van der Waals surface area contributed by atoms with Crippen molar-refractivity contribution in [3.63, 3.8) is 0 Å². The Morgan fingerprint density at radius 1 is 0.914 bits per heavy atom. The molecule has 4 saturated heterocycles. The molecule has 3 amide bonds. The van der Waals surface area contributed by atoms with E-state index in [0.717, 1.165) is 104 Å². The number of amides is 3. The molecule has 4 aromatic carbocycles. The first-order chi connectivity index (χ1) is 38.9. The van der Waals surface area contributed by atoms with Crippen molar-refractivity contribution in [2.24, 2.45) is 11.3 Å². The Labute approximate surface area is 483 Å². The number of phenols is 1. The van der Waals surface area contributed by atoms with Crippen molar-refractivity contribution in [3.05, 3.63) is 94.3 Å². The number of anilines is 1. The van der Waals surface area contributed by atoms with Crippen LogP contribution in [0.15, 0.2) is 72.2 Å². The highest BCUT2D eigenvalue weighted by Gasteiger charge is 2.45. The highest BCUT2D eigenvalue weighted by Crippen LogP contribution is 2.43. The third kappa shape index (κ3) is 13.6. The first kappa shape index (κ1) is 58.2. The van der Waals surface area contributed by atoms with E-state index in [-0.39, 0.29) is 83.3 Å². The lowest BCUT2D eigenvalue weighted by atomic mass is 9.85. The number of β-amino-alcohol motifs (C(OH)–C–C–N with tert-alkyl or cyclic N) is 1. The van der Waals surface area contributed by atoms with E-state index < -0.39 is 29.4 Å². The SMILES string of the molecule is Cc1ncsc1-c1ccc([C@H](C)NC(=O)[C@@H]2C[C@@H](O)CN2C(=O)[C@@H](NC(=O)CN2CC(OCCCC3CCN(C[C@@H](C)Oc4nc(N5CCCCC5)c5cc(Cl)c(-c6cc(O)cc7ccccc67)c(F)c5n4)CC3)C2)C(C)(C)C)cc1. The molecule has 0 unspecified atom stereocenters. The molecule has 0 saturated carbocycles. The quantitative estimate of drug-likeness (QED) is 0.0563. The van der Waals surface area contributed by atoms with Gasteiger partial charge >= 0.3 is 6.01 Å². The van der Waals surface area contributed by atoms with E-state index in [9.17, 15) is 24.6 Å². The number of hydrogen-bond acceptors (Lipinski definition) is 14. The van der Waals surface area contributed by atoms with Crippen LogP contribution in [0.3, 0.4) is 0 Å². The average Bonchev–Trinajstić information content (AvgIpc) is 4.11. The number of carbonyl (C=O) groups excluding carboxylic acids is 3. The van der Waals surface area contributed by atoms with Gasteiger partial charge in [0.25, 0.3) is 0 Å². The Morgan fingerprint density at radius 2 is 1.65 bits per heavy atom. The van der Waals surface area contributed by atoms with Gasteiger partial charge in [-0.3, -0.25) is 24.2 Å².